The summed E-state index contributed by atoms with van der Waals surface area (Å²) in [5.74, 6) is 0.314. The van der Waals surface area contributed by atoms with Gasteiger partial charge in [-0.3, -0.25) is 0 Å². The van der Waals surface area contributed by atoms with Gasteiger partial charge in [0, 0.05) is 16.6 Å². The molecule has 0 aliphatic rings. The van der Waals surface area contributed by atoms with Crippen molar-refractivity contribution in [2.45, 2.75) is 19.6 Å². The molecule has 5 heteroatoms. The predicted molar refractivity (Wildman–Crippen MR) is 107 cm³/mol. The van der Waals surface area contributed by atoms with Crippen molar-refractivity contribution in [2.24, 2.45) is 0 Å². The lowest BCUT2D eigenvalue weighted by atomic mass is 10.1. The largest absolute Gasteiger partial charge is 0.489 e. The van der Waals surface area contributed by atoms with E-state index in [4.69, 9.17) is 4.74 Å². The Morgan fingerprint density at radius 3 is 2.11 bits per heavy atom. The molecule has 27 heavy (non-hydrogen) atoms. The van der Waals surface area contributed by atoms with Crippen molar-refractivity contribution in [3.8, 4) is 5.75 Å². The molecular weight excluding hydrogens is 412 g/mol. The highest BCUT2D eigenvalue weighted by Crippen LogP contribution is 2.24. The van der Waals surface area contributed by atoms with Crippen LogP contribution in [0, 0.1) is 11.6 Å². The van der Waals surface area contributed by atoms with Crippen LogP contribution in [0.25, 0.3) is 0 Å². The van der Waals surface area contributed by atoms with E-state index in [1.54, 1.807) is 24.3 Å². The third-order valence-electron chi connectivity index (χ3n) is 4.15. The highest BCUT2D eigenvalue weighted by atomic mass is 79.9. The molecule has 3 aromatic rings. The second-order valence-electron chi connectivity index (χ2n) is 6.22. The number of ether oxygens (including phenoxy) is 1. The van der Waals surface area contributed by atoms with Gasteiger partial charge in [0.05, 0.1) is 0 Å². The first-order valence-electron chi connectivity index (χ1n) is 8.71. The van der Waals surface area contributed by atoms with Crippen LogP contribution in [0.15, 0.2) is 71.2 Å². The topological polar surface area (TPSA) is 21.3 Å². The zero-order valence-corrected chi connectivity index (χ0v) is 16.3. The van der Waals surface area contributed by atoms with Crippen molar-refractivity contribution in [1.29, 1.82) is 0 Å². The number of benzene rings is 3. The summed E-state index contributed by atoms with van der Waals surface area (Å²) < 4.78 is 32.8. The van der Waals surface area contributed by atoms with Gasteiger partial charge in [-0.2, -0.15) is 0 Å². The van der Waals surface area contributed by atoms with Crippen molar-refractivity contribution < 1.29 is 13.5 Å². The standard InChI is InChI=1S/C22H20BrF2NO/c23-19-5-10-22(27-15-17-3-8-21(25)9-4-17)18(13-19)14-26-12-11-16-1-6-20(24)7-2-16/h1-10,13,26H,11-12,14-15H2. The molecule has 0 unspecified atom stereocenters. The van der Waals surface area contributed by atoms with Crippen LogP contribution in [0.2, 0.25) is 0 Å². The molecule has 0 atom stereocenters. The minimum atomic E-state index is -0.256. The van der Waals surface area contributed by atoms with E-state index in [0.29, 0.717) is 13.2 Å². The average molecular weight is 432 g/mol. The Labute approximate surface area is 166 Å². The average Bonchev–Trinajstić information content (AvgIpc) is 2.67. The molecule has 3 aromatic carbocycles. The van der Waals surface area contributed by atoms with Crippen LogP contribution in [0.4, 0.5) is 8.78 Å². The number of hydrogen-bond donors (Lipinski definition) is 1. The molecule has 0 radical (unpaired) electrons. The van der Waals surface area contributed by atoms with Crippen molar-refractivity contribution >= 4 is 15.9 Å². The van der Waals surface area contributed by atoms with Crippen molar-refractivity contribution in [2.75, 3.05) is 6.54 Å². The summed E-state index contributed by atoms with van der Waals surface area (Å²) in [6, 6.07) is 18.7. The fourth-order valence-electron chi connectivity index (χ4n) is 2.68. The molecular formula is C22H20BrF2NO. The van der Waals surface area contributed by atoms with E-state index in [2.05, 4.69) is 21.2 Å². The van der Waals surface area contributed by atoms with Gasteiger partial charge in [-0.15, -0.1) is 0 Å². The lowest BCUT2D eigenvalue weighted by molar-refractivity contribution is 0.302. The first kappa shape index (κ1) is 19.5. The van der Waals surface area contributed by atoms with E-state index >= 15 is 0 Å². The van der Waals surface area contributed by atoms with Gasteiger partial charge < -0.3 is 10.1 Å². The molecule has 0 amide bonds. The van der Waals surface area contributed by atoms with E-state index in [0.717, 1.165) is 39.9 Å². The van der Waals surface area contributed by atoms with Crippen LogP contribution in [0.3, 0.4) is 0 Å². The van der Waals surface area contributed by atoms with Crippen molar-refractivity contribution in [3.63, 3.8) is 0 Å². The Bertz CT molecular complexity index is 866. The molecule has 1 N–H and O–H groups in total. The minimum Gasteiger partial charge on any atom is -0.489 e. The van der Waals surface area contributed by atoms with Gasteiger partial charge in [-0.1, -0.05) is 40.2 Å². The zero-order valence-electron chi connectivity index (χ0n) is 14.7. The maximum Gasteiger partial charge on any atom is 0.124 e. The molecule has 0 saturated carbocycles. The number of halogens is 3. The third kappa shape index (κ3) is 6.15. The molecule has 0 aromatic heterocycles. The maximum absolute atomic E-state index is 13.0. The molecule has 0 fully saturated rings. The molecule has 3 rings (SSSR count). The number of rotatable bonds is 8. The van der Waals surface area contributed by atoms with Gasteiger partial charge in [-0.25, -0.2) is 8.78 Å². The van der Waals surface area contributed by atoms with Crippen LogP contribution in [0.1, 0.15) is 16.7 Å². The summed E-state index contributed by atoms with van der Waals surface area (Å²) in [7, 11) is 0. The second-order valence-corrected chi connectivity index (χ2v) is 7.14. The molecule has 140 valence electrons. The van der Waals surface area contributed by atoms with Crippen LogP contribution in [0.5, 0.6) is 5.75 Å². The summed E-state index contributed by atoms with van der Waals surface area (Å²) in [5, 5.41) is 3.39. The summed E-state index contributed by atoms with van der Waals surface area (Å²) in [4.78, 5) is 0. The normalized spacial score (nSPS) is 10.8. The monoisotopic (exact) mass is 431 g/mol. The summed E-state index contributed by atoms with van der Waals surface area (Å²) >= 11 is 3.49. The Morgan fingerprint density at radius 1 is 0.815 bits per heavy atom. The Morgan fingerprint density at radius 2 is 1.44 bits per heavy atom. The van der Waals surface area contributed by atoms with Gasteiger partial charge in [0.2, 0.25) is 0 Å². The molecule has 0 aliphatic carbocycles. The minimum absolute atomic E-state index is 0.219. The summed E-state index contributed by atoms with van der Waals surface area (Å²) in [6.07, 6.45) is 0.819. The van der Waals surface area contributed by atoms with Gasteiger partial charge >= 0.3 is 0 Å². The van der Waals surface area contributed by atoms with Crippen molar-refractivity contribution in [1.82, 2.24) is 5.32 Å². The van der Waals surface area contributed by atoms with Crippen LogP contribution < -0.4 is 10.1 Å². The molecule has 0 saturated heterocycles. The Hall–Kier alpha value is -2.24. The van der Waals surface area contributed by atoms with Crippen LogP contribution >= 0.6 is 15.9 Å². The first-order valence-corrected chi connectivity index (χ1v) is 9.50. The quantitative estimate of drug-likeness (QED) is 0.466. The second kappa shape index (κ2) is 9.62. The SMILES string of the molecule is Fc1ccc(CCNCc2cc(Br)ccc2OCc2ccc(F)cc2)cc1. The molecule has 0 bridgehead atoms. The van der Waals surface area contributed by atoms with Gasteiger partial charge in [0.1, 0.15) is 24.0 Å². The predicted octanol–water partition coefficient (Wildman–Crippen LogP) is 5.64. The molecule has 0 spiro atoms. The Balaban J connectivity index is 1.55. The summed E-state index contributed by atoms with van der Waals surface area (Å²) in [5.41, 5.74) is 3.03. The fourth-order valence-corrected chi connectivity index (χ4v) is 3.08. The van der Waals surface area contributed by atoms with Gasteiger partial charge in [-0.05, 0) is 66.6 Å². The zero-order chi connectivity index (χ0) is 19.1. The van der Waals surface area contributed by atoms with E-state index in [1.807, 2.05) is 18.2 Å². The third-order valence-corrected chi connectivity index (χ3v) is 4.64. The number of hydrogen-bond acceptors (Lipinski definition) is 2. The fraction of sp³-hybridized carbons (Fsp3) is 0.182. The van der Waals surface area contributed by atoms with Crippen LogP contribution in [-0.4, -0.2) is 6.54 Å². The van der Waals surface area contributed by atoms with Gasteiger partial charge in [0.15, 0.2) is 0 Å². The van der Waals surface area contributed by atoms with E-state index in [-0.39, 0.29) is 11.6 Å². The van der Waals surface area contributed by atoms with E-state index < -0.39 is 0 Å². The smallest absolute Gasteiger partial charge is 0.124 e. The van der Waals surface area contributed by atoms with Crippen molar-refractivity contribution in [3.05, 3.63) is 99.5 Å². The Kier molecular flexibility index (Phi) is 6.96. The maximum atomic E-state index is 13.0. The number of nitrogens with one attached hydrogen (secondary N) is 1. The molecule has 0 heterocycles. The lowest BCUT2D eigenvalue weighted by Crippen LogP contribution is -2.17. The van der Waals surface area contributed by atoms with E-state index in [1.165, 1.54) is 24.3 Å². The highest BCUT2D eigenvalue weighted by Gasteiger charge is 2.06. The molecule has 0 aliphatic heterocycles. The lowest BCUT2D eigenvalue weighted by Gasteiger charge is -2.13. The van der Waals surface area contributed by atoms with Crippen LogP contribution in [-0.2, 0) is 19.6 Å². The molecule has 2 nitrogen and oxygen atoms in total. The van der Waals surface area contributed by atoms with Gasteiger partial charge in [0.25, 0.3) is 0 Å². The summed E-state index contributed by atoms with van der Waals surface area (Å²) in [6.45, 7) is 1.80. The van der Waals surface area contributed by atoms with E-state index in [9.17, 15) is 8.78 Å². The first-order chi connectivity index (χ1) is 13.1. The highest BCUT2D eigenvalue weighted by molar-refractivity contribution is 9.10.